The molecule has 24 heavy (non-hydrogen) atoms. The van der Waals surface area contributed by atoms with Gasteiger partial charge in [0.15, 0.2) is 0 Å². The lowest BCUT2D eigenvalue weighted by molar-refractivity contribution is -0.0361. The van der Waals surface area contributed by atoms with Gasteiger partial charge in [-0.3, -0.25) is 14.8 Å². The van der Waals surface area contributed by atoms with Crippen LogP contribution in [0.25, 0.3) is 0 Å². The molecule has 1 aliphatic heterocycles. The molecule has 0 aromatic carbocycles. The molecule has 2 heterocycles. The molecular weight excluding hydrogens is 304 g/mol. The molecule has 2 N–H and O–H groups in total. The van der Waals surface area contributed by atoms with E-state index in [-0.39, 0.29) is 11.4 Å². The molecule has 1 aromatic heterocycles. The summed E-state index contributed by atoms with van der Waals surface area (Å²) in [5.41, 5.74) is 1.63. The van der Waals surface area contributed by atoms with E-state index in [0.717, 1.165) is 57.7 Å². The van der Waals surface area contributed by atoms with E-state index in [4.69, 9.17) is 4.74 Å². The van der Waals surface area contributed by atoms with Gasteiger partial charge in [-0.15, -0.1) is 0 Å². The third kappa shape index (κ3) is 3.98. The zero-order chi connectivity index (χ0) is 16.8. The first-order valence-electron chi connectivity index (χ1n) is 9.39. The Hall–Kier alpha value is -1.40. The Morgan fingerprint density at radius 2 is 2.08 bits per heavy atom. The van der Waals surface area contributed by atoms with Gasteiger partial charge in [-0.25, -0.2) is 0 Å². The lowest BCUT2D eigenvalue weighted by Crippen LogP contribution is -2.59. The number of carbonyl (C=O) groups is 1. The van der Waals surface area contributed by atoms with E-state index in [2.05, 4.69) is 27.3 Å². The molecule has 0 radical (unpaired) electrons. The van der Waals surface area contributed by atoms with E-state index in [9.17, 15) is 4.79 Å². The maximum atomic E-state index is 12.5. The molecule has 134 valence electrons. The Morgan fingerprint density at radius 3 is 2.79 bits per heavy atom. The van der Waals surface area contributed by atoms with Gasteiger partial charge < -0.3 is 10.1 Å². The van der Waals surface area contributed by atoms with E-state index < -0.39 is 0 Å². The number of rotatable bonds is 6. The second kappa shape index (κ2) is 8.12. The van der Waals surface area contributed by atoms with Crippen LogP contribution in [0.5, 0.6) is 0 Å². The number of morpholine rings is 1. The van der Waals surface area contributed by atoms with Crippen molar-refractivity contribution in [1.82, 2.24) is 20.4 Å². The number of ether oxygens (including phenoxy) is 1. The molecule has 0 unspecified atom stereocenters. The molecule has 0 spiro atoms. The maximum Gasteiger partial charge on any atom is 0.271 e. The van der Waals surface area contributed by atoms with Crippen LogP contribution in [0, 0.1) is 0 Å². The van der Waals surface area contributed by atoms with Crippen LogP contribution in [-0.4, -0.2) is 59.4 Å². The molecule has 1 aromatic rings. The molecule has 2 fully saturated rings. The summed E-state index contributed by atoms with van der Waals surface area (Å²) >= 11 is 0. The van der Waals surface area contributed by atoms with Crippen molar-refractivity contribution < 1.29 is 9.53 Å². The minimum atomic E-state index is -0.0631. The van der Waals surface area contributed by atoms with Gasteiger partial charge in [-0.05, 0) is 25.3 Å². The molecule has 6 heteroatoms. The molecule has 6 nitrogen and oxygen atoms in total. The zero-order valence-corrected chi connectivity index (χ0v) is 14.8. The Balaban J connectivity index is 1.62. The summed E-state index contributed by atoms with van der Waals surface area (Å²) in [6.07, 6.45) is 8.09. The highest BCUT2D eigenvalue weighted by Crippen LogP contribution is 2.33. The van der Waals surface area contributed by atoms with Crippen LogP contribution in [0.15, 0.2) is 6.07 Å². The monoisotopic (exact) mass is 334 g/mol. The fourth-order valence-corrected chi connectivity index (χ4v) is 4.06. The van der Waals surface area contributed by atoms with Crippen LogP contribution in [-0.2, 0) is 11.2 Å². The van der Waals surface area contributed by atoms with E-state index in [1.54, 1.807) is 0 Å². The van der Waals surface area contributed by atoms with Crippen molar-refractivity contribution in [2.45, 2.75) is 57.4 Å². The van der Waals surface area contributed by atoms with Crippen LogP contribution in [0.4, 0.5) is 0 Å². The lowest BCUT2D eigenvalue weighted by atomic mass is 9.79. The first-order chi connectivity index (χ1) is 11.7. The second-order valence-corrected chi connectivity index (χ2v) is 7.10. The van der Waals surface area contributed by atoms with Crippen molar-refractivity contribution in [3.05, 3.63) is 17.5 Å². The number of amides is 1. The number of hydrogen-bond donors (Lipinski definition) is 2. The highest BCUT2D eigenvalue weighted by atomic mass is 16.5. The summed E-state index contributed by atoms with van der Waals surface area (Å²) < 4.78 is 5.51. The normalized spacial score (nSPS) is 21.5. The minimum Gasteiger partial charge on any atom is -0.379 e. The third-order valence-electron chi connectivity index (χ3n) is 5.43. The summed E-state index contributed by atoms with van der Waals surface area (Å²) in [6, 6.07) is 1.88. The third-order valence-corrected chi connectivity index (χ3v) is 5.43. The number of carbonyl (C=O) groups excluding carboxylic acids is 1. The van der Waals surface area contributed by atoms with Crippen molar-refractivity contribution in [2.24, 2.45) is 0 Å². The van der Waals surface area contributed by atoms with Gasteiger partial charge in [-0.2, -0.15) is 5.10 Å². The Bertz CT molecular complexity index is 531. The summed E-state index contributed by atoms with van der Waals surface area (Å²) in [7, 11) is 0. The molecule has 2 aliphatic rings. The number of hydrogen-bond acceptors (Lipinski definition) is 4. The standard InChI is InChI=1S/C18H30N4O2/c1-2-6-15-13-16(21-20-15)17(23)19-14-18(7-4-3-5-8-18)22-9-11-24-12-10-22/h13H,2-12,14H2,1H3,(H,19,23)(H,20,21). The largest absolute Gasteiger partial charge is 0.379 e. The maximum absolute atomic E-state index is 12.5. The van der Waals surface area contributed by atoms with Gasteiger partial charge in [0.25, 0.3) is 5.91 Å². The minimum absolute atomic E-state index is 0.0631. The van der Waals surface area contributed by atoms with Gasteiger partial charge >= 0.3 is 0 Å². The number of H-pyrrole nitrogens is 1. The van der Waals surface area contributed by atoms with Crippen LogP contribution < -0.4 is 5.32 Å². The van der Waals surface area contributed by atoms with Gasteiger partial charge in [0, 0.05) is 30.9 Å². The summed E-state index contributed by atoms with van der Waals surface area (Å²) in [5, 5.41) is 10.3. The number of aryl methyl sites for hydroxylation is 1. The van der Waals surface area contributed by atoms with Crippen LogP contribution >= 0.6 is 0 Å². The fourth-order valence-electron chi connectivity index (χ4n) is 4.06. The SMILES string of the molecule is CCCc1cc(C(=O)NCC2(N3CCOCC3)CCCCC2)n[nH]1. The molecule has 0 atom stereocenters. The van der Waals surface area contributed by atoms with Crippen molar-refractivity contribution in [3.63, 3.8) is 0 Å². The number of aromatic amines is 1. The lowest BCUT2D eigenvalue weighted by Gasteiger charge is -2.48. The van der Waals surface area contributed by atoms with E-state index in [1.807, 2.05) is 6.07 Å². The van der Waals surface area contributed by atoms with Gasteiger partial charge in [-0.1, -0.05) is 32.6 Å². The van der Waals surface area contributed by atoms with Crippen LogP contribution in [0.1, 0.15) is 61.6 Å². The first-order valence-corrected chi connectivity index (χ1v) is 9.39. The predicted molar refractivity (Wildman–Crippen MR) is 93.1 cm³/mol. The van der Waals surface area contributed by atoms with Crippen molar-refractivity contribution in [3.8, 4) is 0 Å². The Labute approximate surface area is 144 Å². The molecule has 0 bridgehead atoms. The zero-order valence-electron chi connectivity index (χ0n) is 14.8. The van der Waals surface area contributed by atoms with Gasteiger partial charge in [0.05, 0.1) is 13.2 Å². The van der Waals surface area contributed by atoms with Crippen LogP contribution in [0.3, 0.4) is 0 Å². The Kier molecular flexibility index (Phi) is 5.89. The van der Waals surface area contributed by atoms with E-state index >= 15 is 0 Å². The quantitative estimate of drug-likeness (QED) is 0.836. The molecular formula is C18H30N4O2. The number of nitrogens with one attached hydrogen (secondary N) is 2. The topological polar surface area (TPSA) is 70.2 Å². The average molecular weight is 334 g/mol. The van der Waals surface area contributed by atoms with Gasteiger partial charge in [0.1, 0.15) is 5.69 Å². The molecule has 3 rings (SSSR count). The summed E-state index contributed by atoms with van der Waals surface area (Å²) in [5.74, 6) is -0.0631. The van der Waals surface area contributed by atoms with E-state index in [1.165, 1.54) is 19.3 Å². The molecule has 1 aliphatic carbocycles. The van der Waals surface area contributed by atoms with Crippen LogP contribution in [0.2, 0.25) is 0 Å². The van der Waals surface area contributed by atoms with Gasteiger partial charge in [0.2, 0.25) is 0 Å². The fraction of sp³-hybridized carbons (Fsp3) is 0.778. The molecule has 1 saturated heterocycles. The van der Waals surface area contributed by atoms with Crippen molar-refractivity contribution >= 4 is 5.91 Å². The summed E-state index contributed by atoms with van der Waals surface area (Å²) in [4.78, 5) is 15.0. The van der Waals surface area contributed by atoms with E-state index in [0.29, 0.717) is 12.2 Å². The molecule has 1 saturated carbocycles. The predicted octanol–water partition coefficient (Wildman–Crippen LogP) is 2.13. The van der Waals surface area contributed by atoms with Crippen molar-refractivity contribution in [2.75, 3.05) is 32.8 Å². The second-order valence-electron chi connectivity index (χ2n) is 7.10. The smallest absolute Gasteiger partial charge is 0.271 e. The van der Waals surface area contributed by atoms with Crippen molar-refractivity contribution in [1.29, 1.82) is 0 Å². The average Bonchev–Trinajstić information content (AvgIpc) is 3.10. The molecule has 1 amide bonds. The Morgan fingerprint density at radius 1 is 1.33 bits per heavy atom. The first kappa shape index (κ1) is 17.4. The number of nitrogens with zero attached hydrogens (tertiary/aromatic N) is 2. The number of aromatic nitrogens is 2. The highest BCUT2D eigenvalue weighted by molar-refractivity contribution is 5.92. The highest BCUT2D eigenvalue weighted by Gasteiger charge is 2.38. The summed E-state index contributed by atoms with van der Waals surface area (Å²) in [6.45, 7) is 6.38.